The van der Waals surface area contributed by atoms with E-state index in [-0.39, 0.29) is 12.4 Å². The summed E-state index contributed by atoms with van der Waals surface area (Å²) in [7, 11) is 1.84. The van der Waals surface area contributed by atoms with E-state index in [4.69, 9.17) is 16.3 Å². The number of aryl methyl sites for hydroxylation is 1. The molecule has 2 rings (SSSR count). The van der Waals surface area contributed by atoms with Gasteiger partial charge < -0.3 is 10.1 Å². The Kier molecular flexibility index (Phi) is 4.93. The van der Waals surface area contributed by atoms with Crippen LogP contribution in [-0.4, -0.2) is 12.0 Å². The number of rotatable bonds is 5. The largest absolute Gasteiger partial charge is 0.487 e. The molecule has 3 nitrogen and oxygen atoms in total. The van der Waals surface area contributed by atoms with Gasteiger partial charge in [-0.05, 0) is 38.2 Å². The van der Waals surface area contributed by atoms with Crippen LogP contribution in [0.15, 0.2) is 30.3 Å². The fourth-order valence-corrected chi connectivity index (χ4v) is 1.98. The lowest BCUT2D eigenvalue weighted by Gasteiger charge is -2.12. The molecule has 2 aromatic rings. The zero-order valence-electron chi connectivity index (χ0n) is 11.4. The molecule has 0 aliphatic carbocycles. The third kappa shape index (κ3) is 3.68. The average molecular weight is 295 g/mol. The van der Waals surface area contributed by atoms with E-state index in [1.807, 2.05) is 26.1 Å². The van der Waals surface area contributed by atoms with Crippen LogP contribution in [0.1, 0.15) is 17.0 Å². The van der Waals surface area contributed by atoms with E-state index in [0.717, 1.165) is 11.4 Å². The highest BCUT2D eigenvalue weighted by atomic mass is 35.5. The van der Waals surface area contributed by atoms with Gasteiger partial charge >= 0.3 is 0 Å². The molecule has 20 heavy (non-hydrogen) atoms. The van der Waals surface area contributed by atoms with Crippen molar-refractivity contribution in [3.63, 3.8) is 0 Å². The molecule has 0 spiro atoms. The molecule has 0 aliphatic rings. The van der Waals surface area contributed by atoms with Crippen LogP contribution in [0.3, 0.4) is 0 Å². The van der Waals surface area contributed by atoms with Crippen molar-refractivity contribution in [1.82, 2.24) is 10.3 Å². The molecule has 0 atom stereocenters. The summed E-state index contributed by atoms with van der Waals surface area (Å²) in [4.78, 5) is 4.41. The number of hydrogen-bond acceptors (Lipinski definition) is 3. The summed E-state index contributed by atoms with van der Waals surface area (Å²) >= 11 is 5.72. The number of hydrogen-bond donors (Lipinski definition) is 1. The Morgan fingerprint density at radius 3 is 2.80 bits per heavy atom. The Morgan fingerprint density at radius 2 is 2.10 bits per heavy atom. The average Bonchev–Trinajstić information content (AvgIpc) is 2.40. The maximum absolute atomic E-state index is 13.7. The molecule has 106 valence electrons. The Hall–Kier alpha value is -1.65. The quantitative estimate of drug-likeness (QED) is 0.917. The van der Waals surface area contributed by atoms with Crippen molar-refractivity contribution in [2.24, 2.45) is 0 Å². The number of benzene rings is 1. The monoisotopic (exact) mass is 294 g/mol. The SMILES string of the molecule is CNCc1nc(C)ccc1OCc1ccc(Cl)cc1F. The summed E-state index contributed by atoms with van der Waals surface area (Å²) in [5, 5.41) is 3.41. The molecule has 0 fully saturated rings. The fraction of sp³-hybridized carbons (Fsp3) is 0.267. The van der Waals surface area contributed by atoms with Gasteiger partial charge in [0.15, 0.2) is 0 Å². The minimum atomic E-state index is -0.368. The van der Waals surface area contributed by atoms with Crippen molar-refractivity contribution in [3.8, 4) is 5.75 Å². The molecule has 1 aromatic carbocycles. The normalized spacial score (nSPS) is 10.6. The van der Waals surface area contributed by atoms with E-state index in [9.17, 15) is 4.39 Å². The third-order valence-corrected chi connectivity index (χ3v) is 3.05. The van der Waals surface area contributed by atoms with E-state index in [1.54, 1.807) is 12.1 Å². The van der Waals surface area contributed by atoms with Crippen molar-refractivity contribution in [1.29, 1.82) is 0 Å². The lowest BCUT2D eigenvalue weighted by atomic mass is 10.2. The zero-order chi connectivity index (χ0) is 14.5. The molecular weight excluding hydrogens is 279 g/mol. The minimum Gasteiger partial charge on any atom is -0.487 e. The molecule has 1 aromatic heterocycles. The van der Waals surface area contributed by atoms with Gasteiger partial charge in [-0.15, -0.1) is 0 Å². The second-order valence-electron chi connectivity index (χ2n) is 4.45. The van der Waals surface area contributed by atoms with Crippen molar-refractivity contribution in [3.05, 3.63) is 58.1 Å². The van der Waals surface area contributed by atoms with Gasteiger partial charge in [0.05, 0.1) is 5.69 Å². The topological polar surface area (TPSA) is 34.2 Å². The third-order valence-electron chi connectivity index (χ3n) is 2.81. The number of nitrogens with zero attached hydrogens (tertiary/aromatic N) is 1. The van der Waals surface area contributed by atoms with Crippen molar-refractivity contribution >= 4 is 11.6 Å². The van der Waals surface area contributed by atoms with Crippen molar-refractivity contribution < 1.29 is 9.13 Å². The van der Waals surface area contributed by atoms with Crippen molar-refractivity contribution in [2.75, 3.05) is 7.05 Å². The van der Waals surface area contributed by atoms with Gasteiger partial charge in [0.2, 0.25) is 0 Å². The van der Waals surface area contributed by atoms with Gasteiger partial charge in [0.25, 0.3) is 0 Å². The van der Waals surface area contributed by atoms with Gasteiger partial charge in [0.1, 0.15) is 18.2 Å². The van der Waals surface area contributed by atoms with Gasteiger partial charge in [-0.3, -0.25) is 4.98 Å². The fourth-order valence-electron chi connectivity index (χ4n) is 1.82. The number of aromatic nitrogens is 1. The maximum atomic E-state index is 13.7. The molecular formula is C15H16ClFN2O. The number of pyridine rings is 1. The van der Waals surface area contributed by atoms with E-state index < -0.39 is 0 Å². The van der Waals surface area contributed by atoms with Crippen LogP contribution in [0.5, 0.6) is 5.75 Å². The first-order chi connectivity index (χ1) is 9.60. The number of nitrogens with one attached hydrogen (secondary N) is 1. The molecule has 0 amide bonds. The first kappa shape index (κ1) is 14.8. The molecule has 5 heteroatoms. The molecule has 1 heterocycles. The summed E-state index contributed by atoms with van der Waals surface area (Å²) in [5.74, 6) is 0.284. The second kappa shape index (κ2) is 6.68. The molecule has 0 bridgehead atoms. The molecule has 0 radical (unpaired) electrons. The summed E-state index contributed by atoms with van der Waals surface area (Å²) in [6, 6.07) is 8.26. The highest BCUT2D eigenvalue weighted by Crippen LogP contribution is 2.20. The van der Waals surface area contributed by atoms with Crippen LogP contribution in [0.25, 0.3) is 0 Å². The van der Waals surface area contributed by atoms with E-state index in [2.05, 4.69) is 10.3 Å². The van der Waals surface area contributed by atoms with Crippen LogP contribution >= 0.6 is 11.6 Å². The van der Waals surface area contributed by atoms with Crippen molar-refractivity contribution in [2.45, 2.75) is 20.1 Å². The standard InChI is InChI=1S/C15H16ClFN2O/c1-10-3-6-15(14(19-10)8-18-2)20-9-11-4-5-12(16)7-13(11)17/h3-7,18H,8-9H2,1-2H3. The summed E-state index contributed by atoms with van der Waals surface area (Å²) in [5.41, 5.74) is 2.19. The Morgan fingerprint density at radius 1 is 1.30 bits per heavy atom. The van der Waals surface area contributed by atoms with Gasteiger partial charge in [-0.2, -0.15) is 0 Å². The van der Waals surface area contributed by atoms with Crippen LogP contribution < -0.4 is 10.1 Å². The zero-order valence-corrected chi connectivity index (χ0v) is 12.2. The Balaban J connectivity index is 2.14. The number of ether oxygens (including phenoxy) is 1. The molecule has 1 N–H and O–H groups in total. The Bertz CT molecular complexity index is 604. The predicted molar refractivity (Wildman–Crippen MR) is 77.5 cm³/mol. The molecule has 0 aliphatic heterocycles. The first-order valence-corrected chi connectivity index (χ1v) is 6.66. The van der Waals surface area contributed by atoms with Gasteiger partial charge in [-0.1, -0.05) is 17.7 Å². The molecule has 0 unspecified atom stereocenters. The highest BCUT2D eigenvalue weighted by molar-refractivity contribution is 6.30. The van der Waals surface area contributed by atoms with Gasteiger partial charge in [0, 0.05) is 22.8 Å². The van der Waals surface area contributed by atoms with E-state index in [0.29, 0.717) is 22.9 Å². The van der Waals surface area contributed by atoms with Crippen LogP contribution in [-0.2, 0) is 13.2 Å². The summed E-state index contributed by atoms with van der Waals surface area (Å²) < 4.78 is 19.3. The second-order valence-corrected chi connectivity index (χ2v) is 4.89. The van der Waals surface area contributed by atoms with E-state index >= 15 is 0 Å². The van der Waals surface area contributed by atoms with Crippen LogP contribution in [0, 0.1) is 12.7 Å². The van der Waals surface area contributed by atoms with Crippen LogP contribution in [0.2, 0.25) is 5.02 Å². The molecule has 0 saturated carbocycles. The first-order valence-electron chi connectivity index (χ1n) is 6.28. The Labute approximate surface area is 122 Å². The highest BCUT2D eigenvalue weighted by Gasteiger charge is 2.08. The summed E-state index contributed by atoms with van der Waals surface area (Å²) in [6.45, 7) is 2.66. The predicted octanol–water partition coefficient (Wildman–Crippen LogP) is 3.48. The number of halogens is 2. The maximum Gasteiger partial charge on any atom is 0.142 e. The smallest absolute Gasteiger partial charge is 0.142 e. The van der Waals surface area contributed by atoms with Crippen LogP contribution in [0.4, 0.5) is 4.39 Å². The lowest BCUT2D eigenvalue weighted by molar-refractivity contribution is 0.294. The van der Waals surface area contributed by atoms with Gasteiger partial charge in [-0.25, -0.2) is 4.39 Å². The minimum absolute atomic E-state index is 0.143. The lowest BCUT2D eigenvalue weighted by Crippen LogP contribution is -2.10. The van der Waals surface area contributed by atoms with E-state index in [1.165, 1.54) is 6.07 Å². The summed E-state index contributed by atoms with van der Waals surface area (Å²) in [6.07, 6.45) is 0. The molecule has 0 saturated heterocycles.